The summed E-state index contributed by atoms with van der Waals surface area (Å²) in [6.45, 7) is 13.8. The van der Waals surface area contributed by atoms with Crippen molar-refractivity contribution >= 4 is 20.2 Å². The van der Waals surface area contributed by atoms with Gasteiger partial charge in [-0.15, -0.1) is 0 Å². The number of carbonyl (C=O) groups excluding carboxylic acids is 1. The molecule has 2 fully saturated rings. The molecule has 0 saturated carbocycles. The maximum absolute atomic E-state index is 15.8. The smallest absolute Gasteiger partial charge is 0.413 e. The van der Waals surface area contributed by atoms with E-state index in [9.17, 15) is 9.59 Å². The van der Waals surface area contributed by atoms with Crippen LogP contribution in [-0.2, 0) is 23.4 Å². The van der Waals surface area contributed by atoms with Gasteiger partial charge in [0.15, 0.2) is 20.7 Å². The highest BCUT2D eigenvalue weighted by molar-refractivity contribution is 6.74. The standard InChI is InChI=1S/C24H37F2N3O7Si/c1-7-13-33-22(31)28-17-11-12-29(21(30)27-17)20-24(25,26)19(36-18-10-8-9-14-32-18)16(35-20)15-34-37(5,6)23(2,3)4/h7,11-12,16,18-20H,1,8-10,13-15H2,2-6H3,(H,27,28,30,31)/t16?,18?,19-,20-/m1/s1. The van der Waals surface area contributed by atoms with Crippen LogP contribution >= 0.6 is 0 Å². The third-order valence-corrected chi connectivity index (χ3v) is 11.3. The Morgan fingerprint density at radius 1 is 1.38 bits per heavy atom. The van der Waals surface area contributed by atoms with E-state index in [0.29, 0.717) is 17.6 Å². The zero-order valence-electron chi connectivity index (χ0n) is 22.0. The van der Waals surface area contributed by atoms with Crippen molar-refractivity contribution in [2.24, 2.45) is 0 Å². The van der Waals surface area contributed by atoms with Gasteiger partial charge in [0.25, 0.3) is 0 Å². The monoisotopic (exact) mass is 545 g/mol. The summed E-state index contributed by atoms with van der Waals surface area (Å²) >= 11 is 0. The third-order valence-electron chi connectivity index (χ3n) is 6.85. The van der Waals surface area contributed by atoms with Crippen molar-refractivity contribution in [3.63, 3.8) is 0 Å². The van der Waals surface area contributed by atoms with Gasteiger partial charge in [-0.2, -0.15) is 13.8 Å². The summed E-state index contributed by atoms with van der Waals surface area (Å²) in [6.07, 6.45) is -1.95. The van der Waals surface area contributed by atoms with Gasteiger partial charge in [-0.3, -0.25) is 9.88 Å². The van der Waals surface area contributed by atoms with Crippen molar-refractivity contribution in [2.75, 3.05) is 25.1 Å². The average Bonchev–Trinajstić information content (AvgIpc) is 3.06. The Morgan fingerprint density at radius 2 is 2.11 bits per heavy atom. The number of carbonyl (C=O) groups is 1. The van der Waals surface area contributed by atoms with E-state index in [1.54, 1.807) is 0 Å². The molecule has 0 aromatic carbocycles. The minimum atomic E-state index is -3.61. The Hall–Kier alpha value is -2.19. The lowest BCUT2D eigenvalue weighted by Crippen LogP contribution is -2.48. The van der Waals surface area contributed by atoms with Gasteiger partial charge in [-0.1, -0.05) is 33.4 Å². The van der Waals surface area contributed by atoms with Gasteiger partial charge in [0.1, 0.15) is 18.5 Å². The van der Waals surface area contributed by atoms with Crippen LogP contribution in [0.25, 0.3) is 0 Å². The molecule has 1 aromatic heterocycles. The van der Waals surface area contributed by atoms with Crippen molar-refractivity contribution < 1.29 is 36.9 Å². The number of hydrogen-bond acceptors (Lipinski definition) is 8. The molecule has 1 aromatic rings. The molecular formula is C24H37F2N3O7Si. The Bertz CT molecular complexity index is 1010. The largest absolute Gasteiger partial charge is 0.445 e. The van der Waals surface area contributed by atoms with E-state index in [2.05, 4.69) is 16.9 Å². The van der Waals surface area contributed by atoms with Crippen LogP contribution in [0.2, 0.25) is 18.1 Å². The SMILES string of the molecule is C=CCOC(=O)Nc1ccn([C@@H]2OC(CO[Si](C)(C)C(C)(C)C)[C@@H](OC3CCCCO3)C2(F)F)c(=O)n1. The van der Waals surface area contributed by atoms with Crippen molar-refractivity contribution in [2.45, 2.75) is 88.8 Å². The van der Waals surface area contributed by atoms with Crippen molar-refractivity contribution in [3.05, 3.63) is 35.4 Å². The Balaban J connectivity index is 1.84. The average molecular weight is 546 g/mol. The number of nitrogens with one attached hydrogen (secondary N) is 1. The predicted molar refractivity (Wildman–Crippen MR) is 134 cm³/mol. The topological polar surface area (TPSA) is 110 Å². The Kier molecular flexibility index (Phi) is 9.27. The predicted octanol–water partition coefficient (Wildman–Crippen LogP) is 4.44. The molecule has 0 bridgehead atoms. The lowest BCUT2D eigenvalue weighted by atomic mass is 10.1. The summed E-state index contributed by atoms with van der Waals surface area (Å²) in [5.41, 5.74) is -1.04. The number of ether oxygens (including phenoxy) is 4. The third kappa shape index (κ3) is 7.02. The molecule has 13 heteroatoms. The van der Waals surface area contributed by atoms with Gasteiger partial charge in [-0.05, 0) is 43.5 Å². The second-order valence-corrected chi connectivity index (χ2v) is 15.4. The molecule has 37 heavy (non-hydrogen) atoms. The second kappa shape index (κ2) is 11.7. The second-order valence-electron chi connectivity index (χ2n) is 10.6. The molecule has 2 saturated heterocycles. The van der Waals surface area contributed by atoms with Crippen LogP contribution in [0.15, 0.2) is 29.7 Å². The zero-order valence-corrected chi connectivity index (χ0v) is 23.0. The Labute approximate surface area is 216 Å². The number of aromatic nitrogens is 2. The van der Waals surface area contributed by atoms with Gasteiger partial charge in [0, 0.05) is 12.8 Å². The van der Waals surface area contributed by atoms with E-state index in [1.165, 1.54) is 12.1 Å². The number of alkyl halides is 2. The van der Waals surface area contributed by atoms with Gasteiger partial charge >= 0.3 is 17.7 Å². The summed E-state index contributed by atoms with van der Waals surface area (Å²) in [4.78, 5) is 28.1. The molecule has 2 aliphatic rings. The lowest BCUT2D eigenvalue weighted by molar-refractivity contribution is -0.238. The number of halogens is 2. The fourth-order valence-corrected chi connectivity index (χ4v) is 4.71. The number of nitrogens with zero attached hydrogens (tertiary/aromatic N) is 2. The maximum Gasteiger partial charge on any atom is 0.413 e. The van der Waals surface area contributed by atoms with Crippen LogP contribution in [0.3, 0.4) is 0 Å². The first-order chi connectivity index (χ1) is 17.3. The quantitative estimate of drug-likeness (QED) is 0.358. The molecule has 1 N–H and O–H groups in total. The van der Waals surface area contributed by atoms with E-state index >= 15 is 8.78 Å². The van der Waals surface area contributed by atoms with E-state index in [-0.39, 0.29) is 24.1 Å². The Morgan fingerprint density at radius 3 is 2.70 bits per heavy atom. The zero-order chi connectivity index (χ0) is 27.4. The minimum absolute atomic E-state index is 0.0462. The molecular weight excluding hydrogens is 508 g/mol. The fraction of sp³-hybridized carbons (Fsp3) is 0.708. The van der Waals surface area contributed by atoms with E-state index in [1.807, 2.05) is 33.9 Å². The molecule has 10 nitrogen and oxygen atoms in total. The van der Waals surface area contributed by atoms with Crippen LogP contribution < -0.4 is 11.0 Å². The molecule has 3 rings (SSSR count). The lowest BCUT2D eigenvalue weighted by Gasteiger charge is -2.37. The first-order valence-corrected chi connectivity index (χ1v) is 15.3. The molecule has 1 amide bonds. The number of rotatable bonds is 9. The van der Waals surface area contributed by atoms with Gasteiger partial charge in [0.2, 0.25) is 6.23 Å². The van der Waals surface area contributed by atoms with Crippen molar-refractivity contribution in [3.8, 4) is 0 Å². The molecule has 0 aliphatic carbocycles. The molecule has 2 aliphatic heterocycles. The molecule has 3 heterocycles. The van der Waals surface area contributed by atoms with Crippen LogP contribution in [0, 0.1) is 0 Å². The highest BCUT2D eigenvalue weighted by Crippen LogP contribution is 2.46. The van der Waals surface area contributed by atoms with Gasteiger partial charge in [0.05, 0.1) is 6.61 Å². The van der Waals surface area contributed by atoms with E-state index in [0.717, 1.165) is 19.0 Å². The van der Waals surface area contributed by atoms with Gasteiger partial charge < -0.3 is 23.4 Å². The number of anilines is 1. The molecule has 0 spiro atoms. The fourth-order valence-electron chi connectivity index (χ4n) is 3.70. The van der Waals surface area contributed by atoms with Crippen LogP contribution in [0.1, 0.15) is 46.3 Å². The highest BCUT2D eigenvalue weighted by Gasteiger charge is 2.62. The minimum Gasteiger partial charge on any atom is -0.445 e. The van der Waals surface area contributed by atoms with E-state index < -0.39 is 50.7 Å². The summed E-state index contributed by atoms with van der Waals surface area (Å²) in [7, 11) is -2.30. The molecule has 208 valence electrons. The molecule has 0 radical (unpaired) electrons. The molecule has 4 atom stereocenters. The normalized spacial score (nSPS) is 26.0. The van der Waals surface area contributed by atoms with E-state index in [4.69, 9.17) is 23.4 Å². The first-order valence-electron chi connectivity index (χ1n) is 12.3. The van der Waals surface area contributed by atoms with Gasteiger partial charge in [-0.25, -0.2) is 9.59 Å². The summed E-state index contributed by atoms with van der Waals surface area (Å²) < 4.78 is 60.3. The first kappa shape index (κ1) is 29.4. The van der Waals surface area contributed by atoms with Crippen LogP contribution in [0.4, 0.5) is 19.4 Å². The molecule has 2 unspecified atom stereocenters. The van der Waals surface area contributed by atoms with Crippen LogP contribution in [-0.4, -0.2) is 68.2 Å². The number of amides is 1. The van der Waals surface area contributed by atoms with Crippen molar-refractivity contribution in [1.82, 2.24) is 9.55 Å². The summed E-state index contributed by atoms with van der Waals surface area (Å²) in [5, 5.41) is 2.11. The maximum atomic E-state index is 15.8. The number of hydrogen-bond donors (Lipinski definition) is 1. The van der Waals surface area contributed by atoms with Crippen molar-refractivity contribution in [1.29, 1.82) is 0 Å². The summed E-state index contributed by atoms with van der Waals surface area (Å²) in [6, 6.07) is 1.20. The summed E-state index contributed by atoms with van der Waals surface area (Å²) in [5.74, 6) is -3.76. The highest BCUT2D eigenvalue weighted by atomic mass is 28.4. The van der Waals surface area contributed by atoms with Crippen LogP contribution in [0.5, 0.6) is 0 Å².